The van der Waals surface area contributed by atoms with E-state index in [0.29, 0.717) is 12.9 Å². The van der Waals surface area contributed by atoms with Crippen molar-refractivity contribution in [3.63, 3.8) is 0 Å². The smallest absolute Gasteiger partial charge is 0.330 e. The lowest BCUT2D eigenvalue weighted by molar-refractivity contribution is -0.317. The number of rotatable bonds is 7. The van der Waals surface area contributed by atoms with Crippen LogP contribution in [0.1, 0.15) is 20.3 Å². The summed E-state index contributed by atoms with van der Waals surface area (Å²) < 4.78 is 4.44. The molecule has 0 spiro atoms. The third-order valence-electron chi connectivity index (χ3n) is 1.20. The van der Waals surface area contributed by atoms with E-state index in [1.54, 1.807) is 13.8 Å². The third kappa shape index (κ3) is 5.67. The summed E-state index contributed by atoms with van der Waals surface area (Å²) in [5, 5.41) is 0. The molecule has 12 heavy (non-hydrogen) atoms. The van der Waals surface area contributed by atoms with Gasteiger partial charge in [-0.05, 0) is 13.8 Å². The second kappa shape index (κ2) is 5.54. The van der Waals surface area contributed by atoms with Crippen LogP contribution in [0.15, 0.2) is 0 Å². The van der Waals surface area contributed by atoms with E-state index in [9.17, 15) is 9.59 Å². The minimum absolute atomic E-state index is 0.197. The Hall–Kier alpha value is -1.10. The molecule has 5 heteroatoms. The number of ether oxygens (including phenoxy) is 1. The SMILES string of the molecule is CC(C)(CCOC=O)OOC=O. The quantitative estimate of drug-likeness (QED) is 0.243. The molecule has 70 valence electrons. The van der Waals surface area contributed by atoms with E-state index in [4.69, 9.17) is 0 Å². The maximum atomic E-state index is 9.75. The van der Waals surface area contributed by atoms with E-state index in [0.717, 1.165) is 0 Å². The largest absolute Gasteiger partial charge is 0.468 e. The minimum atomic E-state index is -0.635. The molecule has 0 radical (unpaired) electrons. The molecule has 0 aromatic heterocycles. The van der Waals surface area contributed by atoms with Gasteiger partial charge in [0.1, 0.15) is 5.60 Å². The number of carbonyl (C=O) groups is 2. The summed E-state index contributed by atoms with van der Waals surface area (Å²) in [6.45, 7) is 4.22. The van der Waals surface area contributed by atoms with Crippen LogP contribution in [-0.4, -0.2) is 25.2 Å². The van der Waals surface area contributed by atoms with Gasteiger partial charge in [-0.25, -0.2) is 0 Å². The van der Waals surface area contributed by atoms with Gasteiger partial charge in [-0.15, -0.1) is 0 Å². The average Bonchev–Trinajstić information content (AvgIpc) is 2.01. The molecule has 0 heterocycles. The van der Waals surface area contributed by atoms with E-state index in [2.05, 4.69) is 14.5 Å². The fourth-order valence-electron chi connectivity index (χ4n) is 0.544. The highest BCUT2D eigenvalue weighted by Gasteiger charge is 2.20. The summed E-state index contributed by atoms with van der Waals surface area (Å²) in [7, 11) is 0. The van der Waals surface area contributed by atoms with E-state index >= 15 is 0 Å². The lowest BCUT2D eigenvalue weighted by Crippen LogP contribution is -2.26. The molecule has 0 rings (SSSR count). The third-order valence-corrected chi connectivity index (χ3v) is 1.20. The Bertz CT molecular complexity index is 143. The summed E-state index contributed by atoms with van der Waals surface area (Å²) >= 11 is 0. The highest BCUT2D eigenvalue weighted by atomic mass is 17.2. The summed E-state index contributed by atoms with van der Waals surface area (Å²) in [4.78, 5) is 28.3. The van der Waals surface area contributed by atoms with Crippen LogP contribution in [0.4, 0.5) is 0 Å². The van der Waals surface area contributed by atoms with E-state index in [-0.39, 0.29) is 13.1 Å². The molecule has 0 aromatic carbocycles. The van der Waals surface area contributed by atoms with Crippen molar-refractivity contribution in [3.8, 4) is 0 Å². The van der Waals surface area contributed by atoms with Gasteiger partial charge in [-0.3, -0.25) is 9.59 Å². The topological polar surface area (TPSA) is 61.8 Å². The highest BCUT2D eigenvalue weighted by Crippen LogP contribution is 2.13. The molecule has 0 saturated heterocycles. The molecule has 0 fully saturated rings. The van der Waals surface area contributed by atoms with Crippen LogP contribution in [0.3, 0.4) is 0 Å². The normalized spacial score (nSPS) is 10.5. The Morgan fingerprint density at radius 1 is 1.25 bits per heavy atom. The number of hydrogen-bond donors (Lipinski definition) is 0. The predicted octanol–water partition coefficient (Wildman–Crippen LogP) is 0.433. The Balaban J connectivity index is 3.54. The van der Waals surface area contributed by atoms with Crippen molar-refractivity contribution < 1.29 is 24.1 Å². The van der Waals surface area contributed by atoms with Crippen molar-refractivity contribution in [2.24, 2.45) is 0 Å². The first-order chi connectivity index (χ1) is 5.62. The molecule has 0 aromatic rings. The minimum Gasteiger partial charge on any atom is -0.468 e. The summed E-state index contributed by atoms with van der Waals surface area (Å²) in [6, 6.07) is 0. The molecule has 0 amide bonds. The number of carbonyl (C=O) groups excluding carboxylic acids is 2. The predicted molar refractivity (Wildman–Crippen MR) is 38.9 cm³/mol. The van der Waals surface area contributed by atoms with E-state index in [1.165, 1.54) is 0 Å². The van der Waals surface area contributed by atoms with E-state index in [1.807, 2.05) is 0 Å². The Morgan fingerprint density at radius 2 is 1.92 bits per heavy atom. The molecule has 0 aliphatic rings. The zero-order chi connectivity index (χ0) is 9.45. The van der Waals surface area contributed by atoms with Crippen molar-refractivity contribution in [2.45, 2.75) is 25.9 Å². The molecule has 0 aliphatic carbocycles. The molecular formula is C7H12O5. The standard InChI is InChI=1S/C7H12O5/c1-7(2,12-11-6-9)3-4-10-5-8/h5-6H,3-4H2,1-2H3. The maximum absolute atomic E-state index is 9.75. The summed E-state index contributed by atoms with van der Waals surface area (Å²) in [6.07, 6.45) is 0.458. The second-order valence-corrected chi connectivity index (χ2v) is 2.75. The first kappa shape index (κ1) is 10.9. The molecule has 0 unspecified atom stereocenters. The molecular weight excluding hydrogens is 164 g/mol. The number of hydrogen-bond acceptors (Lipinski definition) is 5. The van der Waals surface area contributed by atoms with Crippen molar-refractivity contribution in [1.82, 2.24) is 0 Å². The fraction of sp³-hybridized carbons (Fsp3) is 0.714. The van der Waals surface area contributed by atoms with Crippen molar-refractivity contribution in [3.05, 3.63) is 0 Å². The van der Waals surface area contributed by atoms with Gasteiger partial charge < -0.3 is 9.62 Å². The maximum Gasteiger partial charge on any atom is 0.330 e. The van der Waals surface area contributed by atoms with Crippen molar-refractivity contribution in [2.75, 3.05) is 6.61 Å². The summed E-state index contributed by atoms with van der Waals surface area (Å²) in [5.74, 6) is 0. The van der Waals surface area contributed by atoms with Crippen molar-refractivity contribution >= 4 is 12.9 Å². The summed E-state index contributed by atoms with van der Waals surface area (Å²) in [5.41, 5.74) is -0.635. The van der Waals surface area contributed by atoms with Crippen LogP contribution >= 0.6 is 0 Å². The van der Waals surface area contributed by atoms with Gasteiger partial charge in [0.25, 0.3) is 6.47 Å². The van der Waals surface area contributed by atoms with Gasteiger partial charge in [-0.2, -0.15) is 4.89 Å². The Labute approximate surface area is 70.5 Å². The van der Waals surface area contributed by atoms with Crippen LogP contribution in [0.2, 0.25) is 0 Å². The molecule has 0 saturated carbocycles. The average molecular weight is 176 g/mol. The molecule has 0 atom stereocenters. The lowest BCUT2D eigenvalue weighted by Gasteiger charge is -2.20. The van der Waals surface area contributed by atoms with Crippen LogP contribution in [0.5, 0.6) is 0 Å². The van der Waals surface area contributed by atoms with Gasteiger partial charge >= 0.3 is 6.47 Å². The van der Waals surface area contributed by atoms with Gasteiger partial charge in [0, 0.05) is 6.42 Å². The Kier molecular flexibility index (Phi) is 5.03. The highest BCUT2D eigenvalue weighted by molar-refractivity contribution is 5.36. The second-order valence-electron chi connectivity index (χ2n) is 2.75. The van der Waals surface area contributed by atoms with Crippen LogP contribution in [0, 0.1) is 0 Å². The fourth-order valence-corrected chi connectivity index (χ4v) is 0.544. The lowest BCUT2D eigenvalue weighted by atomic mass is 10.1. The van der Waals surface area contributed by atoms with Crippen LogP contribution < -0.4 is 0 Å². The van der Waals surface area contributed by atoms with Crippen molar-refractivity contribution in [1.29, 1.82) is 0 Å². The van der Waals surface area contributed by atoms with Gasteiger partial charge in [0.05, 0.1) is 6.61 Å². The zero-order valence-corrected chi connectivity index (χ0v) is 7.11. The first-order valence-corrected chi connectivity index (χ1v) is 3.46. The van der Waals surface area contributed by atoms with Gasteiger partial charge in [0.2, 0.25) is 0 Å². The van der Waals surface area contributed by atoms with Gasteiger partial charge in [0.15, 0.2) is 0 Å². The molecule has 0 bridgehead atoms. The van der Waals surface area contributed by atoms with E-state index < -0.39 is 5.60 Å². The van der Waals surface area contributed by atoms with Gasteiger partial charge in [-0.1, -0.05) is 0 Å². The Morgan fingerprint density at radius 3 is 2.42 bits per heavy atom. The first-order valence-electron chi connectivity index (χ1n) is 3.46. The van der Waals surface area contributed by atoms with Crippen LogP contribution in [-0.2, 0) is 24.1 Å². The zero-order valence-electron chi connectivity index (χ0n) is 7.11. The molecule has 5 nitrogen and oxygen atoms in total. The van der Waals surface area contributed by atoms with Crippen LogP contribution in [0.25, 0.3) is 0 Å². The molecule has 0 aliphatic heterocycles. The monoisotopic (exact) mass is 176 g/mol. The molecule has 0 N–H and O–H groups in total.